The highest BCUT2D eigenvalue weighted by molar-refractivity contribution is 5.78. The predicted octanol–water partition coefficient (Wildman–Crippen LogP) is 3.44. The number of ether oxygens (including phenoxy) is 2. The van der Waals surface area contributed by atoms with Crippen LogP contribution in [0.25, 0.3) is 0 Å². The molecule has 1 N–H and O–H groups in total. The summed E-state index contributed by atoms with van der Waals surface area (Å²) in [6, 6.07) is 9.73. The third-order valence-electron chi connectivity index (χ3n) is 5.27. The van der Waals surface area contributed by atoms with Crippen molar-refractivity contribution in [2.24, 2.45) is 5.92 Å². The van der Waals surface area contributed by atoms with Gasteiger partial charge in [-0.3, -0.25) is 9.69 Å². The van der Waals surface area contributed by atoms with E-state index >= 15 is 0 Å². The number of amides is 1. The van der Waals surface area contributed by atoms with Gasteiger partial charge in [0.05, 0.1) is 19.1 Å². The molecule has 1 aliphatic carbocycles. The molecule has 1 aromatic carbocycles. The fourth-order valence-electron chi connectivity index (χ4n) is 3.52. The standard InChI is InChI=1S/C21H26N2O4/c1-13-8-17(13)18-7-5-16(27-18)10-23(3)11-21(24)22-14(2)15-4-6-19-20(9-15)26-12-25-19/h4-7,9,13-14,17H,8,10-12H2,1-3H3,(H,22,24)/t13-,14+,17-/m1/s1. The van der Waals surface area contributed by atoms with Crippen molar-refractivity contribution >= 4 is 5.91 Å². The summed E-state index contributed by atoms with van der Waals surface area (Å²) in [4.78, 5) is 14.3. The first-order valence-electron chi connectivity index (χ1n) is 9.45. The van der Waals surface area contributed by atoms with Gasteiger partial charge >= 0.3 is 0 Å². The first kappa shape index (κ1) is 17.9. The fraction of sp³-hybridized carbons (Fsp3) is 0.476. The number of fused-ring (bicyclic) bond motifs is 1. The summed E-state index contributed by atoms with van der Waals surface area (Å²) in [5.74, 6) is 4.74. The van der Waals surface area contributed by atoms with Crippen molar-refractivity contribution in [3.63, 3.8) is 0 Å². The molecule has 0 unspecified atom stereocenters. The molecule has 1 amide bonds. The van der Waals surface area contributed by atoms with Crippen LogP contribution in [-0.4, -0.2) is 31.2 Å². The van der Waals surface area contributed by atoms with Crippen molar-refractivity contribution in [2.45, 2.75) is 38.8 Å². The molecule has 2 aromatic rings. The van der Waals surface area contributed by atoms with E-state index in [2.05, 4.69) is 18.3 Å². The number of carbonyl (C=O) groups is 1. The van der Waals surface area contributed by atoms with E-state index in [1.807, 2.05) is 43.1 Å². The molecule has 1 aromatic heterocycles. The smallest absolute Gasteiger partial charge is 0.234 e. The Bertz CT molecular complexity index is 831. The van der Waals surface area contributed by atoms with E-state index in [4.69, 9.17) is 13.9 Å². The largest absolute Gasteiger partial charge is 0.464 e. The van der Waals surface area contributed by atoms with Crippen molar-refractivity contribution < 1.29 is 18.7 Å². The normalized spacial score (nSPS) is 21.3. The Hall–Kier alpha value is -2.47. The minimum absolute atomic E-state index is 0.0229. The first-order valence-corrected chi connectivity index (χ1v) is 9.45. The molecule has 2 aliphatic rings. The highest BCUT2D eigenvalue weighted by Gasteiger charge is 2.36. The third kappa shape index (κ3) is 4.11. The van der Waals surface area contributed by atoms with Gasteiger partial charge in [-0.15, -0.1) is 0 Å². The van der Waals surface area contributed by atoms with E-state index in [9.17, 15) is 4.79 Å². The van der Waals surface area contributed by atoms with Gasteiger partial charge in [-0.1, -0.05) is 13.0 Å². The molecule has 6 heteroatoms. The van der Waals surface area contributed by atoms with Crippen molar-refractivity contribution in [1.82, 2.24) is 10.2 Å². The molecule has 0 bridgehead atoms. The summed E-state index contributed by atoms with van der Waals surface area (Å²) in [6.45, 7) is 5.38. The van der Waals surface area contributed by atoms with Gasteiger partial charge in [0, 0.05) is 5.92 Å². The Labute approximate surface area is 159 Å². The van der Waals surface area contributed by atoms with Crippen molar-refractivity contribution in [3.8, 4) is 11.5 Å². The zero-order valence-corrected chi connectivity index (χ0v) is 16.0. The summed E-state index contributed by atoms with van der Waals surface area (Å²) in [5.41, 5.74) is 0.990. The van der Waals surface area contributed by atoms with Crippen molar-refractivity contribution in [2.75, 3.05) is 20.4 Å². The van der Waals surface area contributed by atoms with Gasteiger partial charge in [0.1, 0.15) is 11.5 Å². The maximum absolute atomic E-state index is 12.4. The summed E-state index contributed by atoms with van der Waals surface area (Å²) < 4.78 is 16.7. The maximum Gasteiger partial charge on any atom is 0.234 e. The van der Waals surface area contributed by atoms with Crippen LogP contribution in [0, 0.1) is 5.92 Å². The van der Waals surface area contributed by atoms with Crippen LogP contribution in [-0.2, 0) is 11.3 Å². The minimum Gasteiger partial charge on any atom is -0.464 e. The molecule has 27 heavy (non-hydrogen) atoms. The Morgan fingerprint density at radius 2 is 2.04 bits per heavy atom. The van der Waals surface area contributed by atoms with Gasteiger partial charge in [0.2, 0.25) is 12.7 Å². The minimum atomic E-state index is -0.105. The highest BCUT2D eigenvalue weighted by atomic mass is 16.7. The summed E-state index contributed by atoms with van der Waals surface area (Å²) in [6.07, 6.45) is 1.21. The topological polar surface area (TPSA) is 63.9 Å². The van der Waals surface area contributed by atoms with Gasteiger partial charge in [0.25, 0.3) is 0 Å². The van der Waals surface area contributed by atoms with Crippen LogP contribution in [0.15, 0.2) is 34.7 Å². The molecule has 0 saturated heterocycles. The zero-order valence-electron chi connectivity index (χ0n) is 16.0. The molecule has 144 valence electrons. The summed E-state index contributed by atoms with van der Waals surface area (Å²) in [7, 11) is 1.92. The molecule has 4 rings (SSSR count). The molecule has 0 spiro atoms. The molecule has 1 saturated carbocycles. The fourth-order valence-corrected chi connectivity index (χ4v) is 3.52. The van der Waals surface area contributed by atoms with E-state index in [1.54, 1.807) is 0 Å². The molecule has 3 atom stereocenters. The third-order valence-corrected chi connectivity index (χ3v) is 5.27. The van der Waals surface area contributed by atoms with E-state index in [0.29, 0.717) is 19.0 Å². The molecular formula is C21H26N2O4. The second-order valence-electron chi connectivity index (χ2n) is 7.70. The number of hydrogen-bond donors (Lipinski definition) is 1. The highest BCUT2D eigenvalue weighted by Crippen LogP contribution is 2.47. The Kier molecular flexibility index (Phi) is 4.83. The molecule has 6 nitrogen and oxygen atoms in total. The monoisotopic (exact) mass is 370 g/mol. The van der Waals surface area contributed by atoms with Crippen LogP contribution in [0.5, 0.6) is 11.5 Å². The lowest BCUT2D eigenvalue weighted by atomic mass is 10.1. The second-order valence-corrected chi connectivity index (χ2v) is 7.70. The maximum atomic E-state index is 12.4. The lowest BCUT2D eigenvalue weighted by Gasteiger charge is -2.18. The number of rotatable bonds is 7. The van der Waals surface area contributed by atoms with Crippen LogP contribution in [0.3, 0.4) is 0 Å². The predicted molar refractivity (Wildman–Crippen MR) is 101 cm³/mol. The van der Waals surface area contributed by atoms with Gasteiger partial charge < -0.3 is 19.2 Å². The van der Waals surface area contributed by atoms with Gasteiger partial charge in [-0.05, 0) is 56.1 Å². The molecule has 0 radical (unpaired) electrons. The number of carbonyl (C=O) groups excluding carboxylic acids is 1. The molecular weight excluding hydrogens is 344 g/mol. The van der Waals surface area contributed by atoms with Crippen LogP contribution in [0.4, 0.5) is 0 Å². The SMILES string of the molecule is C[C@H](NC(=O)CN(C)Cc1ccc([C@@H]2C[C@H]2C)o1)c1ccc2c(c1)OCO2. The first-order chi connectivity index (χ1) is 13.0. The van der Waals surface area contributed by atoms with Crippen LogP contribution >= 0.6 is 0 Å². The number of nitrogens with one attached hydrogen (secondary N) is 1. The average Bonchev–Trinajstić information content (AvgIpc) is 3.01. The number of furan rings is 1. The zero-order chi connectivity index (χ0) is 19.0. The number of hydrogen-bond acceptors (Lipinski definition) is 5. The molecule has 1 fully saturated rings. The quantitative estimate of drug-likeness (QED) is 0.809. The second kappa shape index (κ2) is 7.27. The summed E-state index contributed by atoms with van der Waals surface area (Å²) in [5, 5.41) is 3.04. The van der Waals surface area contributed by atoms with Gasteiger partial charge in [0.15, 0.2) is 11.5 Å². The number of likely N-dealkylation sites (N-methyl/N-ethyl adjacent to an activating group) is 1. The van der Waals surface area contributed by atoms with E-state index in [0.717, 1.165) is 34.5 Å². The average molecular weight is 370 g/mol. The molecule has 2 heterocycles. The number of nitrogens with zero attached hydrogens (tertiary/aromatic N) is 1. The van der Waals surface area contributed by atoms with Crippen LogP contribution in [0.1, 0.15) is 49.3 Å². The van der Waals surface area contributed by atoms with Crippen molar-refractivity contribution in [3.05, 3.63) is 47.4 Å². The van der Waals surface area contributed by atoms with Gasteiger partial charge in [-0.2, -0.15) is 0 Å². The van der Waals surface area contributed by atoms with Crippen molar-refractivity contribution in [1.29, 1.82) is 0 Å². The molecule has 1 aliphatic heterocycles. The summed E-state index contributed by atoms with van der Waals surface area (Å²) >= 11 is 0. The Balaban J connectivity index is 1.27. The lowest BCUT2D eigenvalue weighted by molar-refractivity contribution is -0.122. The number of benzene rings is 1. The van der Waals surface area contributed by atoms with Crippen LogP contribution < -0.4 is 14.8 Å². The lowest BCUT2D eigenvalue weighted by Crippen LogP contribution is -2.36. The Morgan fingerprint density at radius 3 is 2.81 bits per heavy atom. The van der Waals surface area contributed by atoms with E-state index in [-0.39, 0.29) is 18.7 Å². The Morgan fingerprint density at radius 1 is 1.26 bits per heavy atom. The van der Waals surface area contributed by atoms with E-state index < -0.39 is 0 Å². The van der Waals surface area contributed by atoms with Gasteiger partial charge in [-0.25, -0.2) is 0 Å². The van der Waals surface area contributed by atoms with Crippen LogP contribution in [0.2, 0.25) is 0 Å². The van der Waals surface area contributed by atoms with E-state index in [1.165, 1.54) is 6.42 Å².